The Morgan fingerprint density at radius 3 is 1.47 bits per heavy atom. The maximum Gasteiger partial charge on any atom is 0.355 e. The Bertz CT molecular complexity index is 2460. The molecule has 3 aliphatic heterocycles. The Balaban J connectivity index is 0.000000803. The van der Waals surface area contributed by atoms with E-state index in [4.69, 9.17) is 23.8 Å². The van der Waals surface area contributed by atoms with E-state index in [1.807, 2.05) is 0 Å². The minimum atomic E-state index is -1.64. The normalized spacial score (nSPS) is 19.2. The lowest BCUT2D eigenvalue weighted by atomic mass is 9.97. The molecule has 6 unspecified atom stereocenters. The van der Waals surface area contributed by atoms with Crippen LogP contribution in [0.2, 0.25) is 0 Å². The van der Waals surface area contributed by atoms with Gasteiger partial charge in [-0.3, -0.25) is 57.6 Å². The number of hydroxylamine groups is 2. The first-order valence-corrected chi connectivity index (χ1v) is 26.6. The number of quaternary nitrogens is 1. The van der Waals surface area contributed by atoms with Gasteiger partial charge in [0.1, 0.15) is 17.5 Å². The van der Waals surface area contributed by atoms with Crippen molar-refractivity contribution in [3.63, 3.8) is 0 Å². The maximum atomic E-state index is 12.8. The second kappa shape index (κ2) is 35.2. The van der Waals surface area contributed by atoms with Crippen molar-refractivity contribution in [1.82, 2.24) is 31.2 Å². The van der Waals surface area contributed by atoms with Gasteiger partial charge in [0, 0.05) is 63.4 Å². The molecule has 5 rings (SSSR count). The van der Waals surface area contributed by atoms with E-state index in [1.54, 1.807) is 36.4 Å². The third-order valence-corrected chi connectivity index (χ3v) is 13.9. The number of hydrogen-bond donors (Lipinski definition) is 5. The molecular formula is C57H86N7O17+. The highest BCUT2D eigenvalue weighted by Crippen LogP contribution is 2.22. The molecule has 0 bridgehead atoms. The van der Waals surface area contributed by atoms with Crippen molar-refractivity contribution in [2.24, 2.45) is 0 Å². The molecule has 81 heavy (non-hydrogen) atoms. The second-order valence-corrected chi connectivity index (χ2v) is 19.9. The van der Waals surface area contributed by atoms with E-state index in [9.17, 15) is 57.5 Å². The quantitative estimate of drug-likeness (QED) is 0.0487. The largest absolute Gasteiger partial charge is 0.497 e. The van der Waals surface area contributed by atoms with E-state index in [-0.39, 0.29) is 91.1 Å². The fourth-order valence-corrected chi connectivity index (χ4v) is 9.12. The molecule has 3 fully saturated rings. The number of Topliss-reactive ketones (excluding diaryl/α,β-unsaturated/α-hetero) is 3. The number of ether oxygens (including phenoxy) is 4. The van der Waals surface area contributed by atoms with E-state index in [0.29, 0.717) is 40.8 Å². The molecule has 3 heterocycles. The smallest absolute Gasteiger partial charge is 0.355 e. The van der Waals surface area contributed by atoms with E-state index in [2.05, 4.69) is 53.9 Å². The number of methoxy groups -OCH3 is 2. The Labute approximate surface area is 475 Å². The summed E-state index contributed by atoms with van der Waals surface area (Å²) in [6.07, 6.45) is 4.81. The van der Waals surface area contributed by atoms with Crippen LogP contribution < -0.4 is 35.6 Å². The Morgan fingerprint density at radius 1 is 0.605 bits per heavy atom. The number of benzene rings is 2. The number of carbonyl (C=O) groups excluding carboxylic acids is 12. The van der Waals surface area contributed by atoms with Crippen LogP contribution in [0.4, 0.5) is 0 Å². The molecule has 0 saturated carbocycles. The van der Waals surface area contributed by atoms with Crippen molar-refractivity contribution in [1.29, 1.82) is 0 Å². The Hall–Kier alpha value is -7.60. The van der Waals surface area contributed by atoms with Crippen LogP contribution in [0.3, 0.4) is 0 Å². The topological polar surface area (TPSA) is 310 Å². The third-order valence-electron chi connectivity index (χ3n) is 13.9. The number of ketones is 3. The van der Waals surface area contributed by atoms with Gasteiger partial charge in [-0.1, -0.05) is 21.3 Å². The molecule has 0 spiro atoms. The molecule has 0 aromatic heterocycles. The van der Waals surface area contributed by atoms with Gasteiger partial charge >= 0.3 is 17.9 Å². The minimum Gasteiger partial charge on any atom is -0.497 e. The van der Waals surface area contributed by atoms with Crippen LogP contribution in [0, 0.1) is 0 Å². The van der Waals surface area contributed by atoms with Crippen LogP contribution >= 0.6 is 0 Å². The molecule has 5 N–H and O–H groups in total. The molecular weight excluding hydrogens is 1050 g/mol. The van der Waals surface area contributed by atoms with Crippen molar-refractivity contribution in [3.05, 3.63) is 59.7 Å². The number of esters is 2. The van der Waals surface area contributed by atoms with E-state index < -0.39 is 97.0 Å². The number of carbonyl (C=O) groups is 12. The highest BCUT2D eigenvalue weighted by molar-refractivity contribution is 6.02. The zero-order valence-electron chi connectivity index (χ0n) is 46.1. The van der Waals surface area contributed by atoms with Crippen molar-refractivity contribution >= 4 is 70.7 Å². The van der Waals surface area contributed by atoms with Gasteiger partial charge in [-0.25, -0.2) is 4.79 Å². The van der Waals surface area contributed by atoms with Gasteiger partial charge in [-0.05, 0) is 115 Å². The van der Waals surface area contributed by atoms with Crippen LogP contribution in [0.5, 0.6) is 11.5 Å². The fraction of sp³-hybridized carbons (Fsp3) is 0.579. The molecule has 2 aromatic rings. The zero-order chi connectivity index (χ0) is 58.2. The van der Waals surface area contributed by atoms with Gasteiger partial charge < -0.3 is 50.0 Å². The van der Waals surface area contributed by atoms with Crippen molar-refractivity contribution < 1.29 is 87.6 Å². The van der Waals surface area contributed by atoms with Gasteiger partial charge in [-0.15, -0.1) is 5.06 Å². The summed E-state index contributed by atoms with van der Waals surface area (Å²) in [6, 6.07) is 11.1. The number of nitrogens with one attached hydrogen (secondary N) is 5. The average Bonchev–Trinajstić information content (AvgIpc) is 3.73. The van der Waals surface area contributed by atoms with Crippen LogP contribution in [-0.4, -0.2) is 171 Å². The molecule has 6 atom stereocenters. The highest BCUT2D eigenvalue weighted by atomic mass is 16.7. The molecule has 24 nitrogen and oxygen atoms in total. The molecule has 6 amide bonds. The van der Waals surface area contributed by atoms with E-state index in [1.165, 1.54) is 44.6 Å². The Morgan fingerprint density at radius 2 is 1.02 bits per heavy atom. The summed E-state index contributed by atoms with van der Waals surface area (Å²) in [5.74, 6) is -6.26. The summed E-state index contributed by atoms with van der Waals surface area (Å²) in [5, 5.41) is 10.6. The first kappa shape index (κ1) is 69.5. The van der Waals surface area contributed by atoms with Gasteiger partial charge in [0.2, 0.25) is 17.7 Å². The highest BCUT2D eigenvalue weighted by Gasteiger charge is 2.37. The summed E-state index contributed by atoms with van der Waals surface area (Å²) in [6.45, 7) is 9.22. The summed E-state index contributed by atoms with van der Waals surface area (Å²) in [5.41, 5.74) is 0.614. The molecule has 0 aliphatic carbocycles. The first-order chi connectivity index (χ1) is 37.6. The maximum absolute atomic E-state index is 12.8. The lowest BCUT2D eigenvalue weighted by Crippen LogP contribution is -3.20. The molecule has 24 heteroatoms. The number of rotatable bonds is 27. The lowest BCUT2D eigenvalue weighted by molar-refractivity contribution is -0.944. The lowest BCUT2D eigenvalue weighted by Gasteiger charge is -2.38. The zero-order valence-corrected chi connectivity index (χ0v) is 46.1. The number of piperidine rings is 2. The van der Waals surface area contributed by atoms with Gasteiger partial charge in [0.15, 0.2) is 37.1 Å². The van der Waals surface area contributed by atoms with Gasteiger partial charge in [0.05, 0.1) is 51.7 Å². The summed E-state index contributed by atoms with van der Waals surface area (Å²) >= 11 is 0. The number of imide groups is 1. The second-order valence-electron chi connectivity index (χ2n) is 19.9. The SMILES string of the molecule is C.C.COc1ccc(C(=O)COC(=O)CC(NC(=O)CCNC(=O)CN2C(C)CCCC2C)C(=O)ON2C(=O)CCC2=O)cc1.COc1ccc(C(=O)COC(=O)CC(NC(=O)CCNC(=O)C[NH+]2C(C)CCCC2C)C(C)=O)cc1.[HH]. The van der Waals surface area contributed by atoms with Crippen LogP contribution in [-0.2, 0) is 62.3 Å². The Kier molecular flexibility index (Phi) is 30.2. The van der Waals surface area contributed by atoms with Crippen molar-refractivity contribution in [3.8, 4) is 11.5 Å². The fourth-order valence-electron chi connectivity index (χ4n) is 9.12. The monoisotopic (exact) mass is 1140 g/mol. The molecule has 3 saturated heterocycles. The van der Waals surface area contributed by atoms with Crippen LogP contribution in [0.25, 0.3) is 0 Å². The average molecular weight is 1140 g/mol. The number of nitrogens with zero attached hydrogens (tertiary/aromatic N) is 2. The van der Waals surface area contributed by atoms with Crippen molar-refractivity contribution in [2.45, 2.75) is 163 Å². The summed E-state index contributed by atoms with van der Waals surface area (Å²) in [4.78, 5) is 156. The van der Waals surface area contributed by atoms with E-state index in [0.717, 1.165) is 32.1 Å². The van der Waals surface area contributed by atoms with Crippen LogP contribution in [0.15, 0.2) is 48.5 Å². The van der Waals surface area contributed by atoms with Crippen LogP contribution in [0.1, 0.15) is 149 Å². The molecule has 0 radical (unpaired) electrons. The minimum absolute atomic E-state index is 0. The third kappa shape index (κ3) is 23.6. The standard InChI is InChI=1S/C29H38N4O10.C26H37N3O7.2CH4.H2/c1-18-5-4-6-19(2)32(18)16-25(36)30-14-13-24(35)31-22(29(40)43-33-26(37)11-12-27(33)38)15-28(39)42-17-23(34)20-7-9-21(41-3)10-8-20;1-17-6-5-7-18(2)29(17)15-25(33)27-13-12-24(32)28-22(19(3)30)14-26(34)36-16-23(31)20-8-10-21(35-4)11-9-20;;;/h7-10,18-19,22H,4-6,11-17H2,1-3H3,(H,30,36)(H,31,35);8-11,17-18,22H,5-7,12-16H2,1-4H3,(H,27,33)(H,28,32);2*1H4;1H/p+1. The first-order valence-electron chi connectivity index (χ1n) is 26.6. The number of likely N-dealkylation sites (tertiary alicyclic amines) is 2. The number of hydrogen-bond acceptors (Lipinski definition) is 18. The van der Waals surface area contributed by atoms with Gasteiger partial charge in [-0.2, -0.15) is 0 Å². The molecule has 450 valence electrons. The molecule has 2 aromatic carbocycles. The predicted octanol–water partition coefficient (Wildman–Crippen LogP) is 2.43. The summed E-state index contributed by atoms with van der Waals surface area (Å²) in [7, 11) is 2.98. The molecule has 3 aliphatic rings. The number of amides is 6. The van der Waals surface area contributed by atoms with Gasteiger partial charge in [0.25, 0.3) is 17.7 Å². The summed E-state index contributed by atoms with van der Waals surface area (Å²) < 4.78 is 20.1. The van der Waals surface area contributed by atoms with Crippen molar-refractivity contribution in [2.75, 3.05) is 53.6 Å². The predicted molar refractivity (Wildman–Crippen MR) is 296 cm³/mol. The van der Waals surface area contributed by atoms with E-state index >= 15 is 0 Å².